The lowest BCUT2D eigenvalue weighted by Gasteiger charge is -2.27. The van der Waals surface area contributed by atoms with Crippen molar-refractivity contribution >= 4 is 11.7 Å². The standard InChI is InChI=1S/C23H28N2O5/c1-23(2,3)30-22(28)25-11-4-6-18(16-7-10-21(27)24-15-16)19-14-17(26)8-9-20(19)29-13-5-12-25/h6-10,14-15,26H,4-5,11-13H2,1-3H3,(H,24,27)/b18-6-. The molecule has 0 radical (unpaired) electrons. The number of hydrogen-bond donors (Lipinski definition) is 2. The predicted octanol–water partition coefficient (Wildman–Crippen LogP) is 3.92. The number of ether oxygens (including phenoxy) is 2. The Kier molecular flexibility index (Phi) is 6.50. The number of rotatable bonds is 1. The topological polar surface area (TPSA) is 91.9 Å². The molecule has 0 bridgehead atoms. The minimum atomic E-state index is -0.565. The highest BCUT2D eigenvalue weighted by atomic mass is 16.6. The molecule has 3 rings (SSSR count). The number of fused-ring (bicyclic) bond motifs is 1. The van der Waals surface area contributed by atoms with E-state index in [-0.39, 0.29) is 17.4 Å². The van der Waals surface area contributed by atoms with Crippen LogP contribution in [0.1, 0.15) is 44.7 Å². The Bertz CT molecular complexity index is 967. The number of carbonyl (C=O) groups is 1. The predicted molar refractivity (Wildman–Crippen MR) is 115 cm³/mol. The molecule has 2 N–H and O–H groups in total. The average molecular weight is 412 g/mol. The number of phenols is 1. The normalized spacial score (nSPS) is 17.0. The first-order valence-electron chi connectivity index (χ1n) is 10.1. The molecule has 2 aromatic rings. The first kappa shape index (κ1) is 21.5. The summed E-state index contributed by atoms with van der Waals surface area (Å²) in [6, 6.07) is 8.14. The highest BCUT2D eigenvalue weighted by Crippen LogP contribution is 2.34. The smallest absolute Gasteiger partial charge is 0.410 e. The summed E-state index contributed by atoms with van der Waals surface area (Å²) in [7, 11) is 0. The number of H-pyrrole nitrogens is 1. The number of amides is 1. The lowest BCUT2D eigenvalue weighted by molar-refractivity contribution is 0.0245. The number of phenolic OH excluding ortho intramolecular Hbond substituents is 1. The SMILES string of the molecule is CC(C)(C)OC(=O)N1CC/C=C(/c2ccc(=O)[nH]c2)c2cc(O)ccc2OCCC1. The lowest BCUT2D eigenvalue weighted by Crippen LogP contribution is -2.38. The molecule has 0 unspecified atom stereocenters. The molecule has 30 heavy (non-hydrogen) atoms. The van der Waals surface area contributed by atoms with Crippen LogP contribution in [0.25, 0.3) is 5.57 Å². The van der Waals surface area contributed by atoms with E-state index in [1.807, 2.05) is 26.8 Å². The molecule has 0 spiro atoms. The summed E-state index contributed by atoms with van der Waals surface area (Å²) in [6.45, 7) is 6.95. The fourth-order valence-corrected chi connectivity index (χ4v) is 3.24. The fourth-order valence-electron chi connectivity index (χ4n) is 3.24. The van der Waals surface area contributed by atoms with Gasteiger partial charge in [0, 0.05) is 30.9 Å². The van der Waals surface area contributed by atoms with E-state index in [2.05, 4.69) is 4.98 Å². The Labute approximate surface area is 175 Å². The number of carbonyl (C=O) groups excluding carboxylic acids is 1. The van der Waals surface area contributed by atoms with Crippen LogP contribution in [0.4, 0.5) is 4.79 Å². The molecule has 1 aliphatic rings. The number of aromatic hydroxyl groups is 1. The van der Waals surface area contributed by atoms with E-state index >= 15 is 0 Å². The van der Waals surface area contributed by atoms with Crippen LogP contribution in [0.15, 0.2) is 47.4 Å². The molecule has 0 saturated heterocycles. The van der Waals surface area contributed by atoms with Crippen LogP contribution in [-0.2, 0) is 4.74 Å². The van der Waals surface area contributed by atoms with Crippen LogP contribution in [0, 0.1) is 0 Å². The van der Waals surface area contributed by atoms with Crippen LogP contribution in [0.5, 0.6) is 11.5 Å². The largest absolute Gasteiger partial charge is 0.508 e. The molecule has 7 heteroatoms. The van der Waals surface area contributed by atoms with E-state index in [9.17, 15) is 14.7 Å². The molecular formula is C23H28N2O5. The molecule has 0 fully saturated rings. The molecule has 7 nitrogen and oxygen atoms in total. The summed E-state index contributed by atoms with van der Waals surface area (Å²) >= 11 is 0. The van der Waals surface area contributed by atoms with Crippen LogP contribution < -0.4 is 10.3 Å². The van der Waals surface area contributed by atoms with Crippen LogP contribution in [0.2, 0.25) is 0 Å². The van der Waals surface area contributed by atoms with Crippen molar-refractivity contribution in [2.24, 2.45) is 0 Å². The van der Waals surface area contributed by atoms with Crippen molar-refractivity contribution in [3.8, 4) is 11.5 Å². The van der Waals surface area contributed by atoms with Gasteiger partial charge in [-0.1, -0.05) is 6.08 Å². The van der Waals surface area contributed by atoms with Gasteiger partial charge in [0.25, 0.3) is 0 Å². The van der Waals surface area contributed by atoms with Gasteiger partial charge in [-0.2, -0.15) is 0 Å². The van der Waals surface area contributed by atoms with Gasteiger partial charge < -0.3 is 24.5 Å². The van der Waals surface area contributed by atoms with E-state index in [0.717, 1.165) is 16.7 Å². The van der Waals surface area contributed by atoms with Gasteiger partial charge in [-0.3, -0.25) is 4.79 Å². The second kappa shape index (κ2) is 9.07. The third-order valence-electron chi connectivity index (χ3n) is 4.58. The maximum atomic E-state index is 12.6. The van der Waals surface area contributed by atoms with E-state index in [0.29, 0.717) is 38.3 Å². The Balaban J connectivity index is 1.96. The van der Waals surface area contributed by atoms with Crippen molar-refractivity contribution in [1.82, 2.24) is 9.88 Å². The molecule has 2 heterocycles. The van der Waals surface area contributed by atoms with Crippen LogP contribution in [-0.4, -0.2) is 46.4 Å². The van der Waals surface area contributed by atoms with E-state index < -0.39 is 5.60 Å². The van der Waals surface area contributed by atoms with Crippen molar-refractivity contribution < 1.29 is 19.4 Å². The van der Waals surface area contributed by atoms with Crippen molar-refractivity contribution in [2.75, 3.05) is 19.7 Å². The highest BCUT2D eigenvalue weighted by Gasteiger charge is 2.22. The Morgan fingerprint density at radius 2 is 2.00 bits per heavy atom. The number of aromatic amines is 1. The van der Waals surface area contributed by atoms with E-state index in [1.54, 1.807) is 35.4 Å². The fraction of sp³-hybridized carbons (Fsp3) is 0.391. The number of pyridine rings is 1. The lowest BCUT2D eigenvalue weighted by atomic mass is 9.97. The monoisotopic (exact) mass is 412 g/mol. The van der Waals surface area contributed by atoms with Gasteiger partial charge in [-0.05, 0) is 69.0 Å². The molecule has 0 atom stereocenters. The zero-order chi connectivity index (χ0) is 21.7. The highest BCUT2D eigenvalue weighted by molar-refractivity contribution is 5.83. The van der Waals surface area contributed by atoms with Crippen molar-refractivity contribution in [1.29, 1.82) is 0 Å². The van der Waals surface area contributed by atoms with Crippen molar-refractivity contribution in [3.63, 3.8) is 0 Å². The second-order valence-corrected chi connectivity index (χ2v) is 8.20. The first-order valence-corrected chi connectivity index (χ1v) is 10.1. The maximum Gasteiger partial charge on any atom is 0.410 e. The summed E-state index contributed by atoms with van der Waals surface area (Å²) in [6.07, 6.45) is 4.48. The average Bonchev–Trinajstić information content (AvgIpc) is 2.70. The van der Waals surface area contributed by atoms with Gasteiger partial charge >= 0.3 is 6.09 Å². The van der Waals surface area contributed by atoms with E-state index in [4.69, 9.17) is 9.47 Å². The Morgan fingerprint density at radius 3 is 2.70 bits per heavy atom. The van der Waals surface area contributed by atoms with Crippen LogP contribution >= 0.6 is 0 Å². The van der Waals surface area contributed by atoms with E-state index in [1.165, 1.54) is 6.07 Å². The number of nitrogens with one attached hydrogen (secondary N) is 1. The first-order chi connectivity index (χ1) is 14.2. The second-order valence-electron chi connectivity index (χ2n) is 8.20. The summed E-state index contributed by atoms with van der Waals surface area (Å²) in [4.78, 5) is 28.5. The van der Waals surface area contributed by atoms with Gasteiger partial charge in [0.15, 0.2) is 0 Å². The molecule has 0 saturated carbocycles. The van der Waals surface area contributed by atoms with Crippen LogP contribution in [0.3, 0.4) is 0 Å². The molecule has 1 amide bonds. The molecular weight excluding hydrogens is 384 g/mol. The number of benzene rings is 1. The van der Waals surface area contributed by atoms with Gasteiger partial charge in [0.1, 0.15) is 17.1 Å². The number of aromatic nitrogens is 1. The molecule has 160 valence electrons. The van der Waals surface area contributed by atoms with Gasteiger partial charge in [0.05, 0.1) is 6.61 Å². The van der Waals surface area contributed by atoms with Crippen molar-refractivity contribution in [3.05, 3.63) is 64.1 Å². The quantitative estimate of drug-likeness (QED) is 0.741. The molecule has 1 aliphatic heterocycles. The summed E-state index contributed by atoms with van der Waals surface area (Å²) in [5.74, 6) is 0.758. The number of nitrogens with zero attached hydrogens (tertiary/aromatic N) is 1. The summed E-state index contributed by atoms with van der Waals surface area (Å²) < 4.78 is 11.5. The third-order valence-corrected chi connectivity index (χ3v) is 4.58. The third kappa shape index (κ3) is 5.65. The van der Waals surface area contributed by atoms with Gasteiger partial charge in [-0.15, -0.1) is 0 Å². The summed E-state index contributed by atoms with van der Waals surface area (Å²) in [5, 5.41) is 10.1. The van der Waals surface area contributed by atoms with Gasteiger partial charge in [-0.25, -0.2) is 4.79 Å². The molecule has 1 aromatic heterocycles. The Hall–Kier alpha value is -3.22. The zero-order valence-corrected chi connectivity index (χ0v) is 17.6. The molecule has 0 aliphatic carbocycles. The molecule has 1 aromatic carbocycles. The summed E-state index contributed by atoms with van der Waals surface area (Å²) in [5.41, 5.74) is 1.56. The van der Waals surface area contributed by atoms with Crippen molar-refractivity contribution in [2.45, 2.75) is 39.2 Å². The zero-order valence-electron chi connectivity index (χ0n) is 17.6. The van der Waals surface area contributed by atoms with Gasteiger partial charge in [0.2, 0.25) is 5.56 Å². The minimum absolute atomic E-state index is 0.123. The number of hydrogen-bond acceptors (Lipinski definition) is 5. The Morgan fingerprint density at radius 1 is 1.20 bits per heavy atom. The maximum absolute atomic E-state index is 12.6. The minimum Gasteiger partial charge on any atom is -0.508 e.